The number of hydrogen-bond donors (Lipinski definition) is 0. The Balaban J connectivity index is 2.96. The lowest BCUT2D eigenvalue weighted by molar-refractivity contribution is 0.725. The van der Waals surface area contributed by atoms with E-state index in [1.54, 1.807) is 0 Å². The molecule has 0 fully saturated rings. The van der Waals surface area contributed by atoms with Gasteiger partial charge in [0, 0.05) is 18.3 Å². The summed E-state index contributed by atoms with van der Waals surface area (Å²) in [6.07, 6.45) is 0. The van der Waals surface area contributed by atoms with Crippen LogP contribution in [-0.4, -0.2) is 16.5 Å². The van der Waals surface area contributed by atoms with Gasteiger partial charge in [-0.05, 0) is 6.92 Å². The molecular weight excluding hydrogens is 118 g/mol. The van der Waals surface area contributed by atoms with Crippen LogP contribution in [0, 0.1) is 0 Å². The molecule has 0 saturated carbocycles. The van der Waals surface area contributed by atoms with Crippen molar-refractivity contribution in [2.45, 2.75) is 6.92 Å². The van der Waals surface area contributed by atoms with Crippen LogP contribution < -0.4 is 0 Å². The minimum Gasteiger partial charge on any atom is -0.282 e. The Morgan fingerprint density at radius 3 is 2.50 bits per heavy atom. The molecule has 0 radical (unpaired) electrons. The summed E-state index contributed by atoms with van der Waals surface area (Å²) in [6, 6.07) is 0. The molecule has 0 aromatic rings. The van der Waals surface area contributed by atoms with Gasteiger partial charge < -0.3 is 0 Å². The van der Waals surface area contributed by atoms with Crippen LogP contribution in [0.2, 0.25) is 0 Å². The zero-order chi connectivity index (χ0) is 4.99. The molecule has 3 heteroatoms. The van der Waals surface area contributed by atoms with Crippen LogP contribution in [-0.2, 0) is 0 Å². The van der Waals surface area contributed by atoms with Crippen molar-refractivity contribution in [2.75, 3.05) is 6.54 Å². The number of thiocarbonyl (C=S) groups is 1. The summed E-state index contributed by atoms with van der Waals surface area (Å²) in [5.41, 5.74) is 1.40. The minimum absolute atomic E-state index is 0.769. The van der Waals surface area contributed by atoms with Gasteiger partial charge in [0.2, 0.25) is 0 Å². The molecule has 36 valence electrons. The molecule has 0 unspecified atom stereocenters. The van der Waals surface area contributed by atoms with Crippen LogP contribution in [0.1, 0.15) is 6.92 Å². The molecule has 0 aliphatic carbocycles. The number of rotatable bonds is 2. The second kappa shape index (κ2) is 3.37. The Morgan fingerprint density at radius 2 is 2.50 bits per heavy atom. The van der Waals surface area contributed by atoms with Crippen molar-refractivity contribution >= 4 is 29.5 Å². The van der Waals surface area contributed by atoms with Gasteiger partial charge in [-0.25, -0.2) is 0 Å². The molecule has 1 nitrogen and oxygen atoms in total. The van der Waals surface area contributed by atoms with Gasteiger partial charge in [0.1, 0.15) is 0 Å². The highest BCUT2D eigenvalue weighted by molar-refractivity contribution is 7.78. The molecule has 0 N–H and O–H groups in total. The molecule has 0 aliphatic heterocycles. The number of halogens is 1. The molecule has 0 aliphatic rings. The molecule has 0 atom stereocenters. The van der Waals surface area contributed by atoms with Gasteiger partial charge in [0.15, 0.2) is 0 Å². The van der Waals surface area contributed by atoms with Gasteiger partial charge >= 0.3 is 0 Å². The molecule has 0 rings (SSSR count). The first kappa shape index (κ1) is 6.18. The predicted molar refractivity (Wildman–Crippen MR) is 31.9 cm³/mol. The first-order chi connectivity index (χ1) is 2.81. The fraction of sp³-hybridized carbons (Fsp3) is 0.667. The van der Waals surface area contributed by atoms with E-state index in [-0.39, 0.29) is 0 Å². The van der Waals surface area contributed by atoms with Gasteiger partial charge in [-0.15, -0.1) is 0 Å². The topological polar surface area (TPSA) is 3.24 Å². The summed E-state index contributed by atoms with van der Waals surface area (Å²) >= 11 is 9.77. The van der Waals surface area contributed by atoms with Gasteiger partial charge in [-0.2, -0.15) is 0 Å². The fourth-order valence-corrected chi connectivity index (χ4v) is 0.224. The summed E-state index contributed by atoms with van der Waals surface area (Å²) < 4.78 is 1.41. The average molecular weight is 124 g/mol. The standard InChI is InChI=1S/C3H6ClNS/c1-2-5(4)3-6/h3H,2H2,1H3. The van der Waals surface area contributed by atoms with Crippen LogP contribution in [0.25, 0.3) is 0 Å². The predicted octanol–water partition coefficient (Wildman–Crippen LogP) is 1.42. The number of hydrogen-bond acceptors (Lipinski definition) is 1. The first-order valence-electron chi connectivity index (χ1n) is 1.69. The Morgan fingerprint density at radius 1 is 2.00 bits per heavy atom. The molecule has 0 bridgehead atoms. The van der Waals surface area contributed by atoms with Gasteiger partial charge in [-0.1, -0.05) is 12.2 Å². The van der Waals surface area contributed by atoms with Crippen molar-refractivity contribution in [1.29, 1.82) is 0 Å². The van der Waals surface area contributed by atoms with E-state index >= 15 is 0 Å². The van der Waals surface area contributed by atoms with E-state index in [2.05, 4.69) is 12.2 Å². The van der Waals surface area contributed by atoms with Crippen molar-refractivity contribution in [3.8, 4) is 0 Å². The molecule has 0 aromatic heterocycles. The lowest BCUT2D eigenvalue weighted by atomic mass is 10.8. The molecule has 6 heavy (non-hydrogen) atoms. The summed E-state index contributed by atoms with van der Waals surface area (Å²) in [7, 11) is 0. The minimum atomic E-state index is 0.769. The second-order valence-corrected chi connectivity index (χ2v) is 1.47. The highest BCUT2D eigenvalue weighted by Crippen LogP contribution is 1.84. The maximum absolute atomic E-state index is 5.32. The maximum atomic E-state index is 5.32. The highest BCUT2D eigenvalue weighted by atomic mass is 35.5. The van der Waals surface area contributed by atoms with E-state index in [0.717, 1.165) is 6.54 Å². The zero-order valence-electron chi connectivity index (χ0n) is 3.52. The molecular formula is C3H6ClNS. The second-order valence-electron chi connectivity index (χ2n) is 0.821. The Bertz CT molecular complexity index is 48.1. The Hall–Kier alpha value is 0.180. The summed E-state index contributed by atoms with van der Waals surface area (Å²) in [5, 5.41) is 0. The lowest BCUT2D eigenvalue weighted by Gasteiger charge is -1.99. The Kier molecular flexibility index (Phi) is 3.47. The van der Waals surface area contributed by atoms with E-state index in [0.29, 0.717) is 0 Å². The molecule has 0 spiro atoms. The largest absolute Gasteiger partial charge is 0.282 e. The van der Waals surface area contributed by atoms with E-state index in [9.17, 15) is 0 Å². The summed E-state index contributed by atoms with van der Waals surface area (Å²) in [6.45, 7) is 2.70. The normalized spacial score (nSPS) is 7.67. The average Bonchev–Trinajstić information content (AvgIpc) is 1.65. The quantitative estimate of drug-likeness (QED) is 0.404. The van der Waals surface area contributed by atoms with Crippen molar-refractivity contribution in [3.63, 3.8) is 0 Å². The third-order valence-corrected chi connectivity index (χ3v) is 1.12. The van der Waals surface area contributed by atoms with Crippen LogP contribution in [0.15, 0.2) is 0 Å². The summed E-state index contributed by atoms with van der Waals surface area (Å²) in [5.74, 6) is 0. The Labute approximate surface area is 48.0 Å². The van der Waals surface area contributed by atoms with Crippen molar-refractivity contribution in [2.24, 2.45) is 0 Å². The summed E-state index contributed by atoms with van der Waals surface area (Å²) in [4.78, 5) is 0. The van der Waals surface area contributed by atoms with Crippen molar-refractivity contribution in [1.82, 2.24) is 4.42 Å². The van der Waals surface area contributed by atoms with Crippen LogP contribution in [0.3, 0.4) is 0 Å². The van der Waals surface area contributed by atoms with E-state index < -0.39 is 0 Å². The molecule has 0 saturated heterocycles. The molecule has 0 heterocycles. The smallest absolute Gasteiger partial charge is 0.0791 e. The van der Waals surface area contributed by atoms with Gasteiger partial charge in [-0.3, -0.25) is 4.42 Å². The van der Waals surface area contributed by atoms with Gasteiger partial charge in [0.05, 0.1) is 5.49 Å². The first-order valence-corrected chi connectivity index (χ1v) is 2.50. The molecule has 0 amide bonds. The zero-order valence-corrected chi connectivity index (χ0v) is 5.09. The SMILES string of the molecule is CCN(Cl)C=S. The van der Waals surface area contributed by atoms with Gasteiger partial charge in [0.25, 0.3) is 0 Å². The van der Waals surface area contributed by atoms with Crippen molar-refractivity contribution in [3.05, 3.63) is 0 Å². The monoisotopic (exact) mass is 123 g/mol. The number of nitrogens with zero attached hydrogens (tertiary/aromatic N) is 1. The van der Waals surface area contributed by atoms with E-state index in [4.69, 9.17) is 11.8 Å². The van der Waals surface area contributed by atoms with Crippen molar-refractivity contribution < 1.29 is 0 Å². The van der Waals surface area contributed by atoms with Crippen LogP contribution in [0.4, 0.5) is 0 Å². The van der Waals surface area contributed by atoms with Crippen LogP contribution in [0.5, 0.6) is 0 Å². The highest BCUT2D eigenvalue weighted by Gasteiger charge is 1.80. The fourth-order valence-electron chi connectivity index (χ4n) is 0.0745. The lowest BCUT2D eigenvalue weighted by Crippen LogP contribution is -2.04. The third-order valence-electron chi connectivity index (χ3n) is 0.416. The third kappa shape index (κ3) is 2.42. The van der Waals surface area contributed by atoms with E-state index in [1.165, 1.54) is 9.91 Å². The molecule has 0 aromatic carbocycles. The van der Waals surface area contributed by atoms with E-state index in [1.807, 2.05) is 6.92 Å². The maximum Gasteiger partial charge on any atom is 0.0791 e. The van der Waals surface area contributed by atoms with Crippen LogP contribution >= 0.6 is 24.0 Å².